The zero-order valence-electron chi connectivity index (χ0n) is 11.0. The summed E-state index contributed by atoms with van der Waals surface area (Å²) in [5.74, 6) is -2.57. The van der Waals surface area contributed by atoms with E-state index in [1.165, 1.54) is 0 Å². The summed E-state index contributed by atoms with van der Waals surface area (Å²) < 4.78 is 0. The third kappa shape index (κ3) is 2.41. The maximum atomic E-state index is 12.4. The molecule has 0 saturated carbocycles. The summed E-state index contributed by atoms with van der Waals surface area (Å²) in [4.78, 5) is 36.1. The fourth-order valence-corrected chi connectivity index (χ4v) is 2.34. The first-order chi connectivity index (χ1) is 10.2. The zero-order valence-corrected chi connectivity index (χ0v) is 11.0. The number of fused-ring (bicyclic) bond motifs is 1. The van der Waals surface area contributed by atoms with E-state index in [1.807, 2.05) is 6.07 Å². The van der Waals surface area contributed by atoms with Crippen molar-refractivity contribution in [2.75, 3.05) is 5.32 Å². The predicted molar refractivity (Wildman–Crippen MR) is 76.7 cm³/mol. The number of benzene rings is 2. The van der Waals surface area contributed by atoms with Crippen molar-refractivity contribution in [3.05, 3.63) is 65.7 Å². The molecule has 0 aliphatic carbocycles. The van der Waals surface area contributed by atoms with Gasteiger partial charge in [0.1, 0.15) is 5.92 Å². The largest absolute Gasteiger partial charge is 0.325 e. The molecule has 1 aliphatic rings. The summed E-state index contributed by atoms with van der Waals surface area (Å²) in [5, 5.41) is 4.90. The third-order valence-electron chi connectivity index (χ3n) is 3.32. The maximum absolute atomic E-state index is 12.4. The van der Waals surface area contributed by atoms with Crippen LogP contribution in [0.1, 0.15) is 21.8 Å². The first-order valence-corrected chi connectivity index (χ1v) is 6.47. The lowest BCUT2D eigenvalue weighted by atomic mass is 9.89. The molecule has 2 aromatic rings. The molecule has 5 nitrogen and oxygen atoms in total. The summed E-state index contributed by atoms with van der Waals surface area (Å²) in [7, 11) is 0. The standard InChI is InChI=1S/C16H12N2O3/c19-14-12-9-5-4-8-11(12)13(16(21)18-14)15(20)17-10-6-2-1-3-7-10/h1-9,13H,(H,17,20)(H,18,19,21). The lowest BCUT2D eigenvalue weighted by molar-refractivity contribution is -0.128. The molecule has 0 fully saturated rings. The van der Waals surface area contributed by atoms with E-state index in [0.717, 1.165) is 0 Å². The normalized spacial score (nSPS) is 16.9. The molecule has 104 valence electrons. The van der Waals surface area contributed by atoms with Gasteiger partial charge in [-0.3, -0.25) is 19.7 Å². The fraction of sp³-hybridized carbons (Fsp3) is 0.0625. The summed E-state index contributed by atoms with van der Waals surface area (Å²) in [6.07, 6.45) is 0. The molecule has 3 rings (SSSR count). The predicted octanol–water partition coefficient (Wildman–Crippen LogP) is 1.68. The molecule has 1 aliphatic heterocycles. The topological polar surface area (TPSA) is 75.3 Å². The quantitative estimate of drug-likeness (QED) is 0.649. The number of rotatable bonds is 2. The maximum Gasteiger partial charge on any atom is 0.258 e. The molecule has 0 aromatic heterocycles. The Balaban J connectivity index is 1.94. The van der Waals surface area contributed by atoms with Crippen LogP contribution in [0.25, 0.3) is 0 Å². The summed E-state index contributed by atoms with van der Waals surface area (Å²) in [6, 6.07) is 15.5. The highest BCUT2D eigenvalue weighted by molar-refractivity contribution is 6.21. The van der Waals surface area contributed by atoms with Gasteiger partial charge in [-0.05, 0) is 23.8 Å². The molecule has 1 unspecified atom stereocenters. The van der Waals surface area contributed by atoms with Crippen LogP contribution in [0, 0.1) is 0 Å². The molecule has 0 spiro atoms. The number of hydrogen-bond donors (Lipinski definition) is 2. The van der Waals surface area contributed by atoms with Crippen LogP contribution in [0.4, 0.5) is 5.69 Å². The van der Waals surface area contributed by atoms with Crippen LogP contribution in [0.3, 0.4) is 0 Å². The second kappa shape index (κ2) is 5.20. The average Bonchev–Trinajstić information content (AvgIpc) is 2.48. The first kappa shape index (κ1) is 13.1. The Morgan fingerprint density at radius 2 is 1.62 bits per heavy atom. The molecule has 21 heavy (non-hydrogen) atoms. The Hall–Kier alpha value is -2.95. The highest BCUT2D eigenvalue weighted by Gasteiger charge is 2.37. The second-order valence-electron chi connectivity index (χ2n) is 4.69. The highest BCUT2D eigenvalue weighted by atomic mass is 16.2. The smallest absolute Gasteiger partial charge is 0.258 e. The average molecular weight is 280 g/mol. The van der Waals surface area contributed by atoms with Gasteiger partial charge in [0.2, 0.25) is 11.8 Å². The minimum absolute atomic E-state index is 0.352. The molecule has 1 atom stereocenters. The molecule has 2 aromatic carbocycles. The Kier molecular flexibility index (Phi) is 3.23. The summed E-state index contributed by atoms with van der Waals surface area (Å²) in [6.45, 7) is 0. The highest BCUT2D eigenvalue weighted by Crippen LogP contribution is 2.26. The number of carbonyl (C=O) groups excluding carboxylic acids is 3. The second-order valence-corrected chi connectivity index (χ2v) is 4.69. The van der Waals surface area contributed by atoms with Gasteiger partial charge in [-0.2, -0.15) is 0 Å². The van der Waals surface area contributed by atoms with Gasteiger partial charge in [-0.15, -0.1) is 0 Å². The molecule has 3 amide bonds. The Labute approximate surface area is 121 Å². The van der Waals surface area contributed by atoms with Gasteiger partial charge in [-0.1, -0.05) is 36.4 Å². The van der Waals surface area contributed by atoms with Crippen LogP contribution in [0.2, 0.25) is 0 Å². The van der Waals surface area contributed by atoms with E-state index >= 15 is 0 Å². The minimum Gasteiger partial charge on any atom is -0.325 e. The van der Waals surface area contributed by atoms with Gasteiger partial charge < -0.3 is 5.32 Å². The van der Waals surface area contributed by atoms with E-state index in [9.17, 15) is 14.4 Å². The van der Waals surface area contributed by atoms with Crippen molar-refractivity contribution in [2.45, 2.75) is 5.92 Å². The number of imide groups is 1. The molecule has 1 heterocycles. The molecule has 0 saturated heterocycles. The van der Waals surface area contributed by atoms with Crippen molar-refractivity contribution in [3.63, 3.8) is 0 Å². The van der Waals surface area contributed by atoms with Crippen LogP contribution in [0.15, 0.2) is 54.6 Å². The first-order valence-electron chi connectivity index (χ1n) is 6.47. The molecular weight excluding hydrogens is 268 g/mol. The van der Waals surface area contributed by atoms with E-state index in [0.29, 0.717) is 16.8 Å². The van der Waals surface area contributed by atoms with Crippen molar-refractivity contribution in [1.82, 2.24) is 5.32 Å². The number of nitrogens with one attached hydrogen (secondary N) is 2. The number of amides is 3. The lowest BCUT2D eigenvalue weighted by Gasteiger charge is -2.23. The van der Waals surface area contributed by atoms with Gasteiger partial charge >= 0.3 is 0 Å². The lowest BCUT2D eigenvalue weighted by Crippen LogP contribution is -2.44. The Bertz CT molecular complexity index is 725. The van der Waals surface area contributed by atoms with Gasteiger partial charge in [0.15, 0.2) is 0 Å². The number of para-hydroxylation sites is 1. The van der Waals surface area contributed by atoms with Crippen LogP contribution < -0.4 is 10.6 Å². The molecule has 2 N–H and O–H groups in total. The van der Waals surface area contributed by atoms with Crippen molar-refractivity contribution in [3.8, 4) is 0 Å². The van der Waals surface area contributed by atoms with Gasteiger partial charge in [0.25, 0.3) is 5.91 Å². The van der Waals surface area contributed by atoms with E-state index in [4.69, 9.17) is 0 Å². The molecule has 0 bridgehead atoms. The van der Waals surface area contributed by atoms with E-state index in [1.54, 1.807) is 48.5 Å². The van der Waals surface area contributed by atoms with Crippen molar-refractivity contribution in [1.29, 1.82) is 0 Å². The summed E-state index contributed by atoms with van der Waals surface area (Å²) in [5.41, 5.74) is 1.38. The Morgan fingerprint density at radius 3 is 2.38 bits per heavy atom. The monoisotopic (exact) mass is 280 g/mol. The number of carbonyl (C=O) groups is 3. The van der Waals surface area contributed by atoms with Crippen LogP contribution >= 0.6 is 0 Å². The summed E-state index contributed by atoms with van der Waals surface area (Å²) >= 11 is 0. The van der Waals surface area contributed by atoms with Crippen molar-refractivity contribution in [2.24, 2.45) is 0 Å². The SMILES string of the molecule is O=C1NC(=O)C(C(=O)Nc2ccccc2)c2ccccc21. The molecular formula is C16H12N2O3. The van der Waals surface area contributed by atoms with E-state index in [-0.39, 0.29) is 0 Å². The van der Waals surface area contributed by atoms with Crippen LogP contribution in [-0.4, -0.2) is 17.7 Å². The number of hydrogen-bond acceptors (Lipinski definition) is 3. The van der Waals surface area contributed by atoms with E-state index in [2.05, 4.69) is 10.6 Å². The van der Waals surface area contributed by atoms with Gasteiger partial charge in [0.05, 0.1) is 0 Å². The van der Waals surface area contributed by atoms with Crippen LogP contribution in [0.5, 0.6) is 0 Å². The van der Waals surface area contributed by atoms with Crippen molar-refractivity contribution < 1.29 is 14.4 Å². The fourth-order valence-electron chi connectivity index (χ4n) is 2.34. The number of anilines is 1. The Morgan fingerprint density at radius 1 is 0.952 bits per heavy atom. The molecule has 0 radical (unpaired) electrons. The third-order valence-corrected chi connectivity index (χ3v) is 3.32. The van der Waals surface area contributed by atoms with Crippen molar-refractivity contribution >= 4 is 23.4 Å². The van der Waals surface area contributed by atoms with E-state index < -0.39 is 23.6 Å². The molecule has 5 heteroatoms. The van der Waals surface area contributed by atoms with Gasteiger partial charge in [0, 0.05) is 11.3 Å². The van der Waals surface area contributed by atoms with Crippen LogP contribution in [-0.2, 0) is 9.59 Å². The minimum atomic E-state index is -1.03. The van der Waals surface area contributed by atoms with Gasteiger partial charge in [-0.25, -0.2) is 0 Å². The zero-order chi connectivity index (χ0) is 14.8.